The number of aliphatic imine (C=N–C) groups is 2. The summed E-state index contributed by atoms with van der Waals surface area (Å²) in [5.74, 6) is 0.940. The third-order valence-corrected chi connectivity index (χ3v) is 6.29. The first-order valence-electron chi connectivity index (χ1n) is 14.7. The molecule has 0 aliphatic carbocycles. The second-order valence-electron chi connectivity index (χ2n) is 9.93. The molecule has 1 saturated heterocycles. The molecule has 1 aromatic carbocycles. The Morgan fingerprint density at radius 3 is 2.56 bits per heavy atom. The molecule has 12 nitrogen and oxygen atoms in total. The highest BCUT2D eigenvalue weighted by atomic mass is 16.7. The van der Waals surface area contributed by atoms with Crippen LogP contribution in [0.3, 0.4) is 0 Å². The monoisotopic (exact) mass is 599 g/mol. The van der Waals surface area contributed by atoms with E-state index in [1.807, 2.05) is 69.0 Å². The van der Waals surface area contributed by atoms with Gasteiger partial charge in [0.25, 0.3) is 0 Å². The summed E-state index contributed by atoms with van der Waals surface area (Å²) in [5.41, 5.74) is 3.71. The second-order valence-corrected chi connectivity index (χ2v) is 9.93. The minimum atomic E-state index is 0.124. The number of hydroxylamine groups is 2. The van der Waals surface area contributed by atoms with Crippen LogP contribution in [0.5, 0.6) is 0 Å². The maximum Gasteiger partial charge on any atom is 0.207 e. The van der Waals surface area contributed by atoms with E-state index in [-0.39, 0.29) is 6.04 Å². The molecule has 240 valence electrons. The van der Waals surface area contributed by atoms with Crippen molar-refractivity contribution in [1.82, 2.24) is 30.0 Å². The number of para-hydroxylation sites is 1. The molecule has 0 saturated carbocycles. The Morgan fingerprint density at radius 2 is 1.95 bits per heavy atom. The van der Waals surface area contributed by atoms with Crippen LogP contribution in [-0.2, 0) is 14.4 Å². The van der Waals surface area contributed by atoms with Gasteiger partial charge in [0.05, 0.1) is 31.6 Å². The molecular formula is C31H53N9O3. The van der Waals surface area contributed by atoms with Gasteiger partial charge in [-0.1, -0.05) is 32.0 Å². The van der Waals surface area contributed by atoms with Crippen molar-refractivity contribution in [3.8, 4) is 5.69 Å². The lowest BCUT2D eigenvalue weighted by Crippen LogP contribution is -2.33. The van der Waals surface area contributed by atoms with E-state index < -0.39 is 0 Å². The fourth-order valence-corrected chi connectivity index (χ4v) is 4.17. The van der Waals surface area contributed by atoms with Crippen molar-refractivity contribution in [1.29, 1.82) is 0 Å². The van der Waals surface area contributed by atoms with Gasteiger partial charge in [-0.3, -0.25) is 24.5 Å². The first-order chi connectivity index (χ1) is 20.8. The summed E-state index contributed by atoms with van der Waals surface area (Å²) in [6.07, 6.45) is 5.36. The second kappa shape index (κ2) is 22.2. The molecule has 1 amide bonds. The molecule has 1 aliphatic heterocycles. The number of hydrogen-bond acceptors (Lipinski definition) is 10. The summed E-state index contributed by atoms with van der Waals surface area (Å²) in [6.45, 7) is 15.0. The van der Waals surface area contributed by atoms with Crippen LogP contribution in [0.2, 0.25) is 0 Å². The molecular weight excluding hydrogens is 546 g/mol. The van der Waals surface area contributed by atoms with E-state index in [9.17, 15) is 4.79 Å². The molecule has 3 rings (SSSR count). The lowest BCUT2D eigenvalue weighted by atomic mass is 10.1. The van der Waals surface area contributed by atoms with Gasteiger partial charge in [0.2, 0.25) is 6.41 Å². The van der Waals surface area contributed by atoms with E-state index in [4.69, 9.17) is 14.7 Å². The highest BCUT2D eigenvalue weighted by Gasteiger charge is 2.22. The number of nitrogens with one attached hydrogen (secondary N) is 2. The number of methoxy groups -OCH3 is 1. The van der Waals surface area contributed by atoms with E-state index in [0.29, 0.717) is 26.3 Å². The molecule has 2 aromatic rings. The molecule has 1 aromatic heterocycles. The summed E-state index contributed by atoms with van der Waals surface area (Å²) in [6, 6.07) is 10.2. The molecule has 1 aliphatic rings. The molecule has 0 radical (unpaired) electrons. The van der Waals surface area contributed by atoms with Gasteiger partial charge in [0.1, 0.15) is 11.5 Å². The van der Waals surface area contributed by atoms with Crippen LogP contribution in [-0.4, -0.2) is 131 Å². The zero-order valence-corrected chi connectivity index (χ0v) is 27.4. The van der Waals surface area contributed by atoms with Gasteiger partial charge >= 0.3 is 0 Å². The summed E-state index contributed by atoms with van der Waals surface area (Å²) in [7, 11) is 9.81. The minimum Gasteiger partial charge on any atom is -0.383 e. The molecule has 1 fully saturated rings. The first-order valence-corrected chi connectivity index (χ1v) is 14.7. The summed E-state index contributed by atoms with van der Waals surface area (Å²) >= 11 is 0. The number of aromatic nitrogens is 2. The van der Waals surface area contributed by atoms with Crippen molar-refractivity contribution >= 4 is 30.7 Å². The van der Waals surface area contributed by atoms with Gasteiger partial charge in [0, 0.05) is 57.3 Å². The predicted octanol–water partition coefficient (Wildman–Crippen LogP) is 3.20. The Kier molecular flexibility index (Phi) is 19.4. The van der Waals surface area contributed by atoms with Crippen LogP contribution < -0.4 is 10.6 Å². The van der Waals surface area contributed by atoms with Gasteiger partial charge in [-0.2, -0.15) is 10.2 Å². The van der Waals surface area contributed by atoms with E-state index in [2.05, 4.69) is 58.3 Å². The number of benzene rings is 1. The van der Waals surface area contributed by atoms with E-state index in [1.54, 1.807) is 18.4 Å². The fraction of sp³-hybridized carbons (Fsp3) is 0.548. The van der Waals surface area contributed by atoms with Crippen LogP contribution in [0.4, 0.5) is 5.82 Å². The number of carbonyl (C=O) groups is 1. The lowest BCUT2D eigenvalue weighted by Gasteiger charge is -2.15. The first kappa shape index (κ1) is 37.6. The van der Waals surface area contributed by atoms with Crippen LogP contribution in [0.25, 0.3) is 11.3 Å². The average Bonchev–Trinajstić information content (AvgIpc) is 3.60. The summed E-state index contributed by atoms with van der Waals surface area (Å²) in [4.78, 5) is 28.3. The molecule has 1 atom stereocenters. The van der Waals surface area contributed by atoms with Crippen molar-refractivity contribution < 1.29 is 14.4 Å². The van der Waals surface area contributed by atoms with Gasteiger partial charge in [-0.05, 0) is 59.9 Å². The van der Waals surface area contributed by atoms with Crippen LogP contribution in [0, 0.1) is 6.92 Å². The number of amides is 1. The van der Waals surface area contributed by atoms with Gasteiger partial charge in [-0.25, -0.2) is 4.68 Å². The van der Waals surface area contributed by atoms with Crippen LogP contribution in [0.15, 0.2) is 46.5 Å². The maximum absolute atomic E-state index is 10.1. The highest BCUT2D eigenvalue weighted by molar-refractivity contribution is 6.10. The predicted molar refractivity (Wildman–Crippen MR) is 178 cm³/mol. The number of carbonyl (C=O) groups excluding carboxylic acids is 1. The van der Waals surface area contributed by atoms with Crippen LogP contribution in [0.1, 0.15) is 31.5 Å². The van der Waals surface area contributed by atoms with E-state index >= 15 is 0 Å². The zero-order valence-electron chi connectivity index (χ0n) is 27.4. The SMILES string of the molecule is C=N/C=C(\C=N/CN(C)CCCN(C)C)c1nn(-c2ccccc2)c(NC)c1C.CC.COCCN1CC(NC=O)CO1. The number of hydrogen-bond donors (Lipinski definition) is 2. The third-order valence-electron chi connectivity index (χ3n) is 6.29. The Bertz CT molecular complexity index is 1100. The Morgan fingerprint density at radius 1 is 1.23 bits per heavy atom. The zero-order chi connectivity index (χ0) is 32.0. The average molecular weight is 600 g/mol. The lowest BCUT2D eigenvalue weighted by molar-refractivity contribution is -0.118. The number of ether oxygens (including phenoxy) is 1. The molecule has 2 N–H and O–H groups in total. The molecule has 2 heterocycles. The minimum absolute atomic E-state index is 0.124. The van der Waals surface area contributed by atoms with E-state index in [1.165, 1.54) is 0 Å². The Hall–Kier alpha value is -3.42. The fourth-order valence-electron chi connectivity index (χ4n) is 4.17. The molecule has 0 spiro atoms. The smallest absolute Gasteiger partial charge is 0.207 e. The van der Waals surface area contributed by atoms with Gasteiger partial charge in [-0.15, -0.1) is 0 Å². The van der Waals surface area contributed by atoms with Crippen molar-refractivity contribution in [3.63, 3.8) is 0 Å². The normalized spacial score (nSPS) is 15.2. The number of rotatable bonds is 16. The highest BCUT2D eigenvalue weighted by Crippen LogP contribution is 2.27. The van der Waals surface area contributed by atoms with Crippen molar-refractivity contribution in [2.24, 2.45) is 9.98 Å². The van der Waals surface area contributed by atoms with Gasteiger partial charge < -0.3 is 20.3 Å². The molecule has 0 bridgehead atoms. The van der Waals surface area contributed by atoms with Crippen molar-refractivity contribution in [3.05, 3.63) is 47.8 Å². The maximum atomic E-state index is 10.1. The summed E-state index contributed by atoms with van der Waals surface area (Å²) < 4.78 is 6.79. The largest absolute Gasteiger partial charge is 0.383 e. The number of nitrogens with zero attached hydrogens (tertiary/aromatic N) is 7. The number of anilines is 1. The third kappa shape index (κ3) is 13.6. The van der Waals surface area contributed by atoms with E-state index in [0.717, 1.165) is 60.9 Å². The van der Waals surface area contributed by atoms with Crippen LogP contribution >= 0.6 is 0 Å². The molecule has 1 unspecified atom stereocenters. The Labute approximate surface area is 258 Å². The number of allylic oxidation sites excluding steroid dienone is 1. The Balaban J connectivity index is 0.000000549. The summed E-state index contributed by atoms with van der Waals surface area (Å²) in [5, 5.41) is 12.5. The van der Waals surface area contributed by atoms with Gasteiger partial charge in [0.15, 0.2) is 0 Å². The standard InChI is InChI=1S/C22H33N7.C7H14N2O3.C2H6/c1-18-21(26-29(22(18)24-3)20-11-8-7-9-12-20)19(15-23-2)16-25-17-28(6)14-10-13-27(4)5;1-11-3-2-9-4-7(5-12-9)8-6-10;1-2/h7-9,11-12,15-16,24H,2,10,13-14,17H2,1,3-6H3;6-7H,2-5H2,1H3,(H,8,10);1-2H3/b19-15+,25-16-;;. The quantitative estimate of drug-likeness (QED) is 0.224. The van der Waals surface area contributed by atoms with Crippen molar-refractivity contribution in [2.45, 2.75) is 33.2 Å². The molecule has 12 heteroatoms. The molecule has 43 heavy (non-hydrogen) atoms. The topological polar surface area (TPSA) is 112 Å². The van der Waals surface area contributed by atoms with Crippen molar-refractivity contribution in [2.75, 3.05) is 86.7 Å².